The molecule has 0 aliphatic carbocycles. The number of carbonyl (C=O) groups excluding carboxylic acids is 1. The first kappa shape index (κ1) is 18.0. The maximum atomic E-state index is 12.5. The SMILES string of the molecule is C=CCOc1ccc(/C=C(\C#N)C(=O)c2cccc(C)c2)cc1OC. The van der Waals surface area contributed by atoms with E-state index < -0.39 is 0 Å². The topological polar surface area (TPSA) is 59.3 Å². The Labute approximate surface area is 147 Å². The summed E-state index contributed by atoms with van der Waals surface area (Å²) in [6, 6.07) is 14.4. The molecule has 0 spiro atoms. The monoisotopic (exact) mass is 333 g/mol. The van der Waals surface area contributed by atoms with Gasteiger partial charge in [-0.15, -0.1) is 0 Å². The van der Waals surface area contributed by atoms with Crippen LogP contribution < -0.4 is 9.47 Å². The molecule has 4 heteroatoms. The molecule has 0 amide bonds. The van der Waals surface area contributed by atoms with Gasteiger partial charge in [0, 0.05) is 5.56 Å². The molecule has 0 aliphatic rings. The molecule has 2 aromatic carbocycles. The molecule has 0 aromatic heterocycles. The van der Waals surface area contributed by atoms with Gasteiger partial charge in [-0.3, -0.25) is 4.79 Å². The number of aryl methyl sites for hydroxylation is 1. The Balaban J connectivity index is 2.34. The van der Waals surface area contributed by atoms with E-state index in [1.807, 2.05) is 19.1 Å². The number of ketones is 1. The lowest BCUT2D eigenvalue weighted by Crippen LogP contribution is -2.02. The number of ether oxygens (including phenoxy) is 2. The van der Waals surface area contributed by atoms with Crippen LogP contribution in [0.2, 0.25) is 0 Å². The normalized spacial score (nSPS) is 10.7. The van der Waals surface area contributed by atoms with E-state index in [1.165, 1.54) is 7.11 Å². The summed E-state index contributed by atoms with van der Waals surface area (Å²) in [6.07, 6.45) is 3.19. The average molecular weight is 333 g/mol. The van der Waals surface area contributed by atoms with Gasteiger partial charge in [0.05, 0.1) is 7.11 Å². The Bertz CT molecular complexity index is 860. The van der Waals surface area contributed by atoms with Gasteiger partial charge in [-0.2, -0.15) is 5.26 Å². The van der Waals surface area contributed by atoms with E-state index in [2.05, 4.69) is 6.58 Å². The molecule has 0 heterocycles. The van der Waals surface area contributed by atoms with Gasteiger partial charge in [-0.25, -0.2) is 0 Å². The van der Waals surface area contributed by atoms with Gasteiger partial charge in [0.2, 0.25) is 5.78 Å². The lowest BCUT2D eigenvalue weighted by Gasteiger charge is -2.10. The van der Waals surface area contributed by atoms with Crippen molar-refractivity contribution in [3.05, 3.63) is 77.4 Å². The Morgan fingerprint density at radius 2 is 2.04 bits per heavy atom. The minimum Gasteiger partial charge on any atom is -0.493 e. The third-order valence-electron chi connectivity index (χ3n) is 3.50. The van der Waals surface area contributed by atoms with Gasteiger partial charge in [0.15, 0.2) is 11.5 Å². The van der Waals surface area contributed by atoms with Crippen molar-refractivity contribution in [2.45, 2.75) is 6.92 Å². The van der Waals surface area contributed by atoms with E-state index >= 15 is 0 Å². The molecule has 126 valence electrons. The molecule has 2 rings (SSSR count). The van der Waals surface area contributed by atoms with Crippen molar-refractivity contribution in [1.29, 1.82) is 5.26 Å². The van der Waals surface area contributed by atoms with Gasteiger partial charge in [-0.05, 0) is 36.8 Å². The third kappa shape index (κ3) is 4.58. The van der Waals surface area contributed by atoms with Gasteiger partial charge in [-0.1, -0.05) is 42.5 Å². The van der Waals surface area contributed by atoms with Crippen molar-refractivity contribution < 1.29 is 14.3 Å². The van der Waals surface area contributed by atoms with Crippen LogP contribution in [0.5, 0.6) is 11.5 Å². The molecule has 4 nitrogen and oxygen atoms in total. The Morgan fingerprint density at radius 1 is 1.24 bits per heavy atom. The number of hydrogen-bond acceptors (Lipinski definition) is 4. The van der Waals surface area contributed by atoms with Gasteiger partial charge in [0.25, 0.3) is 0 Å². The lowest BCUT2D eigenvalue weighted by molar-refractivity contribution is 0.104. The van der Waals surface area contributed by atoms with Crippen LogP contribution >= 0.6 is 0 Å². The van der Waals surface area contributed by atoms with Crippen LogP contribution in [0.3, 0.4) is 0 Å². The summed E-state index contributed by atoms with van der Waals surface area (Å²) >= 11 is 0. The Kier molecular flexibility index (Phi) is 6.14. The number of nitrogens with zero attached hydrogens (tertiary/aromatic N) is 1. The highest BCUT2D eigenvalue weighted by molar-refractivity contribution is 6.14. The van der Waals surface area contributed by atoms with E-state index in [9.17, 15) is 10.1 Å². The van der Waals surface area contributed by atoms with Crippen LogP contribution in [0, 0.1) is 18.3 Å². The summed E-state index contributed by atoms with van der Waals surface area (Å²) in [5.74, 6) is 0.788. The first-order valence-electron chi connectivity index (χ1n) is 7.74. The molecular formula is C21H19NO3. The first-order valence-corrected chi connectivity index (χ1v) is 7.74. The molecule has 0 radical (unpaired) electrons. The summed E-state index contributed by atoms with van der Waals surface area (Å²) in [5, 5.41) is 9.38. The van der Waals surface area contributed by atoms with Gasteiger partial charge < -0.3 is 9.47 Å². The maximum Gasteiger partial charge on any atom is 0.203 e. The highest BCUT2D eigenvalue weighted by Gasteiger charge is 2.13. The number of methoxy groups -OCH3 is 1. The molecule has 0 fully saturated rings. The van der Waals surface area contributed by atoms with Crippen molar-refractivity contribution in [3.63, 3.8) is 0 Å². The molecule has 25 heavy (non-hydrogen) atoms. The highest BCUT2D eigenvalue weighted by atomic mass is 16.5. The number of hydrogen-bond donors (Lipinski definition) is 0. The predicted octanol–water partition coefficient (Wildman–Crippen LogP) is 4.36. The summed E-state index contributed by atoms with van der Waals surface area (Å²) in [7, 11) is 1.53. The first-order chi connectivity index (χ1) is 12.1. The molecule has 0 bridgehead atoms. The van der Waals surface area contributed by atoms with Crippen molar-refractivity contribution in [1.82, 2.24) is 0 Å². The van der Waals surface area contributed by atoms with Crippen molar-refractivity contribution >= 4 is 11.9 Å². The zero-order valence-electron chi connectivity index (χ0n) is 14.3. The zero-order chi connectivity index (χ0) is 18.2. The van der Waals surface area contributed by atoms with E-state index in [0.29, 0.717) is 29.2 Å². The van der Waals surface area contributed by atoms with Crippen molar-refractivity contribution in [3.8, 4) is 17.6 Å². The van der Waals surface area contributed by atoms with Crippen molar-refractivity contribution in [2.24, 2.45) is 0 Å². The smallest absolute Gasteiger partial charge is 0.203 e. The second-order valence-corrected chi connectivity index (χ2v) is 5.38. The molecule has 0 aliphatic heterocycles. The molecular weight excluding hydrogens is 314 g/mol. The van der Waals surface area contributed by atoms with Gasteiger partial charge >= 0.3 is 0 Å². The highest BCUT2D eigenvalue weighted by Crippen LogP contribution is 2.29. The van der Waals surface area contributed by atoms with Crippen LogP contribution in [0.4, 0.5) is 0 Å². The molecule has 2 aromatic rings. The number of benzene rings is 2. The summed E-state index contributed by atoms with van der Waals surface area (Å²) < 4.78 is 10.8. The lowest BCUT2D eigenvalue weighted by atomic mass is 10.0. The maximum absolute atomic E-state index is 12.5. The van der Waals surface area contributed by atoms with E-state index in [4.69, 9.17) is 9.47 Å². The minimum atomic E-state index is -0.308. The number of carbonyl (C=O) groups is 1. The second-order valence-electron chi connectivity index (χ2n) is 5.38. The number of nitriles is 1. The summed E-state index contributed by atoms with van der Waals surface area (Å²) in [5.41, 5.74) is 2.20. The summed E-state index contributed by atoms with van der Waals surface area (Å²) in [6.45, 7) is 5.87. The fourth-order valence-electron chi connectivity index (χ4n) is 2.30. The van der Waals surface area contributed by atoms with Gasteiger partial charge in [0.1, 0.15) is 18.2 Å². The number of rotatable bonds is 7. The Hall–Kier alpha value is -3.32. The van der Waals surface area contributed by atoms with Crippen LogP contribution in [-0.2, 0) is 0 Å². The van der Waals surface area contributed by atoms with Crippen LogP contribution in [-0.4, -0.2) is 19.5 Å². The van der Waals surface area contributed by atoms with Crippen LogP contribution in [0.15, 0.2) is 60.7 Å². The van der Waals surface area contributed by atoms with E-state index in [-0.39, 0.29) is 11.4 Å². The van der Waals surface area contributed by atoms with Crippen LogP contribution in [0.1, 0.15) is 21.5 Å². The molecule has 0 N–H and O–H groups in total. The number of Topliss-reactive ketones (excluding diaryl/α,β-unsaturated/α-hetero) is 1. The van der Waals surface area contributed by atoms with E-state index in [0.717, 1.165) is 5.56 Å². The van der Waals surface area contributed by atoms with E-state index in [1.54, 1.807) is 48.6 Å². The fraction of sp³-hybridized carbons (Fsp3) is 0.143. The largest absolute Gasteiger partial charge is 0.493 e. The van der Waals surface area contributed by atoms with Crippen molar-refractivity contribution in [2.75, 3.05) is 13.7 Å². The standard InChI is InChI=1S/C21H19NO3/c1-4-10-25-19-9-8-16(13-20(19)24-3)12-18(14-22)21(23)17-7-5-6-15(2)11-17/h4-9,11-13H,1,10H2,2-3H3/b18-12+. The molecule has 0 unspecified atom stereocenters. The predicted molar refractivity (Wildman–Crippen MR) is 97.8 cm³/mol. The molecule has 0 saturated heterocycles. The molecule has 0 atom stereocenters. The van der Waals surface area contributed by atoms with Crippen LogP contribution in [0.25, 0.3) is 6.08 Å². The molecule has 0 saturated carbocycles. The Morgan fingerprint density at radius 3 is 2.68 bits per heavy atom. The number of allylic oxidation sites excluding steroid dienone is 1. The second kappa shape index (κ2) is 8.51. The zero-order valence-corrected chi connectivity index (χ0v) is 14.3. The summed E-state index contributed by atoms with van der Waals surface area (Å²) in [4.78, 5) is 12.5. The average Bonchev–Trinajstić information content (AvgIpc) is 2.64. The fourth-order valence-corrected chi connectivity index (χ4v) is 2.30. The quantitative estimate of drug-likeness (QED) is 0.327. The third-order valence-corrected chi connectivity index (χ3v) is 3.50. The minimum absolute atomic E-state index is 0.0624.